The highest BCUT2D eigenvalue weighted by molar-refractivity contribution is 7.91. The molecule has 0 spiro atoms. The van der Waals surface area contributed by atoms with E-state index in [1.54, 1.807) is 18.2 Å². The van der Waals surface area contributed by atoms with Gasteiger partial charge in [-0.3, -0.25) is 4.98 Å². The van der Waals surface area contributed by atoms with Gasteiger partial charge < -0.3 is 4.42 Å². The smallest absolute Gasteiger partial charge is 0.408 e. The number of H-pyrrole nitrogens is 1. The third-order valence-electron chi connectivity index (χ3n) is 3.44. The molecule has 0 unspecified atom stereocenters. The van der Waals surface area contributed by atoms with Gasteiger partial charge in [0.1, 0.15) is 4.21 Å². The Morgan fingerprint density at radius 1 is 1.26 bits per heavy atom. The predicted octanol–water partition coefficient (Wildman–Crippen LogP) is 2.27. The third kappa shape index (κ3) is 3.54. The van der Waals surface area contributed by atoms with Crippen LogP contribution in [0.2, 0.25) is 0 Å². The van der Waals surface area contributed by atoms with Gasteiger partial charge in [0.2, 0.25) is 10.0 Å². The zero-order valence-electron chi connectivity index (χ0n) is 12.5. The van der Waals surface area contributed by atoms with Crippen molar-refractivity contribution in [1.29, 1.82) is 0 Å². The topological polar surface area (TPSA) is 92.2 Å². The fraction of sp³-hybridized carbons (Fsp3) is 0.267. The second-order valence-electron chi connectivity index (χ2n) is 5.07. The monoisotopic (exact) mass is 352 g/mol. The summed E-state index contributed by atoms with van der Waals surface area (Å²) in [6.07, 6.45) is 1.34. The molecule has 0 bridgehead atoms. The number of hydrogen-bond acceptors (Lipinski definition) is 5. The van der Waals surface area contributed by atoms with Gasteiger partial charge in [0, 0.05) is 11.4 Å². The standard InChI is InChI=1S/C15H16N2O4S2/c1-2-11-4-6-14(22-11)23(19,20)16-8-7-10-3-5-13-12(9-10)17-15(18)21-13/h3-6,9,16H,2,7-8H2,1H3,(H,17,18). The molecule has 8 heteroatoms. The molecule has 0 aliphatic heterocycles. The van der Waals surface area contributed by atoms with E-state index in [1.165, 1.54) is 11.3 Å². The lowest BCUT2D eigenvalue weighted by atomic mass is 10.1. The summed E-state index contributed by atoms with van der Waals surface area (Å²) in [7, 11) is -3.47. The molecule has 0 atom stereocenters. The van der Waals surface area contributed by atoms with Gasteiger partial charge in [-0.15, -0.1) is 11.3 Å². The molecule has 2 heterocycles. The summed E-state index contributed by atoms with van der Waals surface area (Å²) in [5.74, 6) is -0.498. The van der Waals surface area contributed by atoms with Crippen molar-refractivity contribution in [1.82, 2.24) is 9.71 Å². The lowest BCUT2D eigenvalue weighted by molar-refractivity contribution is 0.555. The fourth-order valence-corrected chi connectivity index (χ4v) is 4.62. The molecule has 0 saturated carbocycles. The molecule has 1 aromatic carbocycles. The molecule has 3 rings (SSSR count). The number of aromatic nitrogens is 1. The van der Waals surface area contributed by atoms with E-state index in [-0.39, 0.29) is 6.54 Å². The van der Waals surface area contributed by atoms with Crippen LogP contribution in [-0.2, 0) is 22.9 Å². The van der Waals surface area contributed by atoms with Gasteiger partial charge >= 0.3 is 5.76 Å². The molecule has 2 N–H and O–H groups in total. The number of fused-ring (bicyclic) bond motifs is 1. The summed E-state index contributed by atoms with van der Waals surface area (Å²) < 4.78 is 32.3. The molecule has 0 radical (unpaired) electrons. The molecule has 0 saturated heterocycles. The Balaban J connectivity index is 1.66. The molecular weight excluding hydrogens is 336 g/mol. The molecule has 2 aromatic heterocycles. The second kappa shape index (κ2) is 6.31. The van der Waals surface area contributed by atoms with Crippen LogP contribution in [0.15, 0.2) is 43.8 Å². The van der Waals surface area contributed by atoms with Crippen LogP contribution < -0.4 is 10.5 Å². The third-order valence-corrected chi connectivity index (χ3v) is 6.62. The van der Waals surface area contributed by atoms with Crippen molar-refractivity contribution in [3.63, 3.8) is 0 Å². The normalized spacial score (nSPS) is 12.0. The van der Waals surface area contributed by atoms with Crippen LogP contribution in [0.25, 0.3) is 11.1 Å². The largest absolute Gasteiger partial charge is 0.417 e. The van der Waals surface area contributed by atoms with Crippen LogP contribution in [0.1, 0.15) is 17.4 Å². The van der Waals surface area contributed by atoms with E-state index in [4.69, 9.17) is 4.42 Å². The first-order chi connectivity index (χ1) is 11.0. The molecule has 0 aliphatic rings. The van der Waals surface area contributed by atoms with Crippen molar-refractivity contribution >= 4 is 32.5 Å². The van der Waals surface area contributed by atoms with Crippen LogP contribution >= 0.6 is 11.3 Å². The van der Waals surface area contributed by atoms with E-state index in [0.717, 1.165) is 16.9 Å². The van der Waals surface area contributed by atoms with Gasteiger partial charge in [0.05, 0.1) is 5.52 Å². The average Bonchev–Trinajstić information content (AvgIpc) is 3.12. The maximum absolute atomic E-state index is 12.2. The lowest BCUT2D eigenvalue weighted by Gasteiger charge is -2.05. The molecule has 23 heavy (non-hydrogen) atoms. The predicted molar refractivity (Wildman–Crippen MR) is 89.4 cm³/mol. The lowest BCUT2D eigenvalue weighted by Crippen LogP contribution is -2.25. The highest BCUT2D eigenvalue weighted by atomic mass is 32.2. The molecule has 3 aromatic rings. The minimum Gasteiger partial charge on any atom is -0.408 e. The Hall–Kier alpha value is -1.90. The number of rotatable bonds is 6. The van der Waals surface area contributed by atoms with Gasteiger partial charge in [0.25, 0.3) is 0 Å². The van der Waals surface area contributed by atoms with Crippen molar-refractivity contribution in [3.8, 4) is 0 Å². The Morgan fingerprint density at radius 3 is 2.83 bits per heavy atom. The first-order valence-corrected chi connectivity index (χ1v) is 9.48. The maximum atomic E-state index is 12.2. The maximum Gasteiger partial charge on any atom is 0.417 e. The van der Waals surface area contributed by atoms with E-state index < -0.39 is 15.8 Å². The zero-order chi connectivity index (χ0) is 16.4. The number of thiophene rings is 1. The molecule has 0 amide bonds. The van der Waals surface area contributed by atoms with Crippen molar-refractivity contribution in [2.75, 3.05) is 6.54 Å². The van der Waals surface area contributed by atoms with Gasteiger partial charge in [0.15, 0.2) is 5.58 Å². The number of hydrogen-bond donors (Lipinski definition) is 2. The van der Waals surface area contributed by atoms with E-state index >= 15 is 0 Å². The number of aromatic amines is 1. The molecule has 0 fully saturated rings. The first kappa shape index (κ1) is 16.0. The highest BCUT2D eigenvalue weighted by Crippen LogP contribution is 2.21. The SMILES string of the molecule is CCc1ccc(S(=O)(=O)NCCc2ccc3oc(=O)[nH]c3c2)s1. The highest BCUT2D eigenvalue weighted by Gasteiger charge is 2.15. The van der Waals surface area contributed by atoms with Crippen molar-refractivity contribution < 1.29 is 12.8 Å². The molecule has 6 nitrogen and oxygen atoms in total. The van der Waals surface area contributed by atoms with E-state index in [1.807, 2.05) is 19.1 Å². The van der Waals surface area contributed by atoms with Crippen LogP contribution in [-0.4, -0.2) is 19.9 Å². The Morgan fingerprint density at radius 2 is 2.09 bits per heavy atom. The summed E-state index contributed by atoms with van der Waals surface area (Å²) in [6, 6.07) is 8.77. The van der Waals surface area contributed by atoms with Crippen molar-refractivity contribution in [3.05, 3.63) is 51.3 Å². The fourth-order valence-electron chi connectivity index (χ4n) is 2.25. The van der Waals surface area contributed by atoms with Crippen molar-refractivity contribution in [2.24, 2.45) is 0 Å². The molecule has 0 aliphatic carbocycles. The van der Waals surface area contributed by atoms with E-state index in [2.05, 4.69) is 9.71 Å². The van der Waals surface area contributed by atoms with Gasteiger partial charge in [-0.25, -0.2) is 17.9 Å². The molecular formula is C15H16N2O4S2. The van der Waals surface area contributed by atoms with E-state index in [0.29, 0.717) is 21.7 Å². The van der Waals surface area contributed by atoms with E-state index in [9.17, 15) is 13.2 Å². The Labute approximate surface area is 137 Å². The summed E-state index contributed by atoms with van der Waals surface area (Å²) in [5.41, 5.74) is 2.02. The van der Waals surface area contributed by atoms with Gasteiger partial charge in [-0.1, -0.05) is 13.0 Å². The van der Waals surface area contributed by atoms with Crippen LogP contribution in [0.3, 0.4) is 0 Å². The number of benzene rings is 1. The zero-order valence-corrected chi connectivity index (χ0v) is 14.1. The van der Waals surface area contributed by atoms with Crippen LogP contribution in [0.5, 0.6) is 0 Å². The summed E-state index contributed by atoms with van der Waals surface area (Å²) in [6.45, 7) is 2.28. The summed E-state index contributed by atoms with van der Waals surface area (Å²) >= 11 is 1.29. The summed E-state index contributed by atoms with van der Waals surface area (Å²) in [4.78, 5) is 14.7. The van der Waals surface area contributed by atoms with Crippen LogP contribution in [0, 0.1) is 0 Å². The number of nitrogens with one attached hydrogen (secondary N) is 2. The Kier molecular flexibility index (Phi) is 4.38. The minimum atomic E-state index is -3.47. The first-order valence-electron chi connectivity index (χ1n) is 7.18. The summed E-state index contributed by atoms with van der Waals surface area (Å²) in [5, 5.41) is 0. The minimum absolute atomic E-state index is 0.287. The second-order valence-corrected chi connectivity index (χ2v) is 8.23. The molecule has 122 valence electrons. The quantitative estimate of drug-likeness (QED) is 0.712. The number of sulfonamides is 1. The van der Waals surface area contributed by atoms with Gasteiger partial charge in [-0.05, 0) is 42.7 Å². The average molecular weight is 352 g/mol. The Bertz CT molecular complexity index is 982. The van der Waals surface area contributed by atoms with Crippen LogP contribution in [0.4, 0.5) is 0 Å². The number of oxazole rings is 1. The van der Waals surface area contributed by atoms with Crippen molar-refractivity contribution in [2.45, 2.75) is 24.0 Å². The number of aryl methyl sites for hydroxylation is 1. The van der Waals surface area contributed by atoms with Gasteiger partial charge in [-0.2, -0.15) is 0 Å².